The predicted octanol–water partition coefficient (Wildman–Crippen LogP) is 0.711. The smallest absolute Gasteiger partial charge is 0.430 e. The van der Waals surface area contributed by atoms with Crippen LogP contribution in [-0.2, 0) is 6.42 Å². The molecular formula is C13H13BNO5-. The normalized spacial score (nSPS) is 19.2. The van der Waals surface area contributed by atoms with E-state index in [4.69, 9.17) is 4.65 Å². The molecule has 0 aromatic heterocycles. The number of carboxylic acids is 1. The Bertz CT molecular complexity index is 650. The van der Waals surface area contributed by atoms with E-state index in [1.165, 1.54) is 0 Å². The lowest BCUT2D eigenvalue weighted by Gasteiger charge is -2.37. The van der Waals surface area contributed by atoms with Gasteiger partial charge in [0.15, 0.2) is 0 Å². The van der Waals surface area contributed by atoms with Crippen molar-refractivity contribution in [3.63, 3.8) is 0 Å². The SMILES string of the molecule is O=C(O)c1c(C2=CC=NC2)ccc2c1O[B-](O)(O)CC2. The number of aromatic carboxylic acids is 1. The summed E-state index contributed by atoms with van der Waals surface area (Å²) in [6, 6.07) is 3.49. The average Bonchev–Trinajstić information content (AvgIpc) is 2.89. The number of aliphatic imine (C=N–C) groups is 1. The Hall–Kier alpha value is -2.12. The molecule has 20 heavy (non-hydrogen) atoms. The van der Waals surface area contributed by atoms with E-state index in [0.29, 0.717) is 24.1 Å². The number of carbonyl (C=O) groups is 1. The summed E-state index contributed by atoms with van der Waals surface area (Å²) >= 11 is 0. The molecule has 0 bridgehead atoms. The molecule has 0 saturated carbocycles. The van der Waals surface area contributed by atoms with Crippen LogP contribution in [0.2, 0.25) is 6.32 Å². The van der Waals surface area contributed by atoms with Crippen molar-refractivity contribution < 1.29 is 24.6 Å². The van der Waals surface area contributed by atoms with Crippen LogP contribution in [0.25, 0.3) is 5.57 Å². The molecule has 1 aromatic rings. The third-order valence-electron chi connectivity index (χ3n) is 3.54. The van der Waals surface area contributed by atoms with Gasteiger partial charge in [-0.1, -0.05) is 18.5 Å². The maximum absolute atomic E-state index is 11.6. The van der Waals surface area contributed by atoms with Crippen LogP contribution in [-0.4, -0.2) is 40.6 Å². The summed E-state index contributed by atoms with van der Waals surface area (Å²) in [7, 11) is 0. The van der Waals surface area contributed by atoms with Gasteiger partial charge in [0, 0.05) is 6.21 Å². The molecule has 104 valence electrons. The van der Waals surface area contributed by atoms with E-state index >= 15 is 0 Å². The first kappa shape index (κ1) is 12.9. The lowest BCUT2D eigenvalue weighted by molar-refractivity contribution is 0.0693. The fourth-order valence-corrected chi connectivity index (χ4v) is 2.55. The second kappa shape index (κ2) is 4.47. The van der Waals surface area contributed by atoms with Gasteiger partial charge in [0.2, 0.25) is 0 Å². The second-order valence-corrected chi connectivity index (χ2v) is 4.98. The zero-order valence-corrected chi connectivity index (χ0v) is 10.6. The minimum absolute atomic E-state index is 0.0340. The molecular weight excluding hydrogens is 261 g/mol. The molecule has 0 amide bonds. The first-order valence-corrected chi connectivity index (χ1v) is 6.36. The van der Waals surface area contributed by atoms with E-state index in [1.807, 2.05) is 0 Å². The highest BCUT2D eigenvalue weighted by atomic mass is 16.6. The number of allylic oxidation sites excluding steroid dienone is 1. The molecule has 0 radical (unpaired) electrons. The highest BCUT2D eigenvalue weighted by Gasteiger charge is 2.32. The van der Waals surface area contributed by atoms with E-state index in [0.717, 1.165) is 5.57 Å². The van der Waals surface area contributed by atoms with Crippen LogP contribution in [0.15, 0.2) is 23.2 Å². The van der Waals surface area contributed by atoms with Crippen molar-refractivity contribution in [1.29, 1.82) is 0 Å². The molecule has 2 aliphatic heterocycles. The Balaban J connectivity index is 2.16. The monoisotopic (exact) mass is 274 g/mol. The van der Waals surface area contributed by atoms with E-state index in [1.54, 1.807) is 24.4 Å². The number of fused-ring (bicyclic) bond motifs is 1. The summed E-state index contributed by atoms with van der Waals surface area (Å²) in [5.41, 5.74) is 1.91. The molecule has 1 aromatic carbocycles. The van der Waals surface area contributed by atoms with Gasteiger partial charge in [-0.25, -0.2) is 4.79 Å². The second-order valence-electron chi connectivity index (χ2n) is 4.98. The lowest BCUT2D eigenvalue weighted by atomic mass is 9.70. The molecule has 6 nitrogen and oxygen atoms in total. The van der Waals surface area contributed by atoms with Crippen LogP contribution in [0.4, 0.5) is 0 Å². The summed E-state index contributed by atoms with van der Waals surface area (Å²) in [5.74, 6) is -1.10. The van der Waals surface area contributed by atoms with Crippen molar-refractivity contribution >= 4 is 24.5 Å². The number of hydrogen-bond acceptors (Lipinski definition) is 5. The first-order chi connectivity index (χ1) is 9.48. The average molecular weight is 274 g/mol. The van der Waals surface area contributed by atoms with Crippen LogP contribution in [0.1, 0.15) is 21.5 Å². The number of hydrogen-bond donors (Lipinski definition) is 3. The van der Waals surface area contributed by atoms with Crippen molar-refractivity contribution in [1.82, 2.24) is 0 Å². The van der Waals surface area contributed by atoms with Gasteiger partial charge >= 0.3 is 12.7 Å². The Labute approximate surface area is 115 Å². The maximum Gasteiger partial charge on any atom is 0.430 e. The number of benzene rings is 1. The van der Waals surface area contributed by atoms with Crippen LogP contribution >= 0.6 is 0 Å². The Morgan fingerprint density at radius 3 is 2.80 bits per heavy atom. The van der Waals surface area contributed by atoms with Gasteiger partial charge < -0.3 is 19.8 Å². The van der Waals surface area contributed by atoms with E-state index in [9.17, 15) is 19.9 Å². The minimum Gasteiger partial charge on any atom is -0.669 e. The Morgan fingerprint density at radius 1 is 1.35 bits per heavy atom. The molecule has 0 aliphatic carbocycles. The summed E-state index contributed by atoms with van der Waals surface area (Å²) in [4.78, 5) is 15.6. The standard InChI is InChI=1S/C13H13BNO5/c16-13(17)11-10(9-4-6-15-7-9)2-1-8-3-5-14(18,19)20-12(8)11/h1-2,4,6,18-19H,3,5,7H2,(H,16,17)/q-1. The quantitative estimate of drug-likeness (QED) is 0.690. The molecule has 3 rings (SSSR count). The molecule has 2 heterocycles. The van der Waals surface area contributed by atoms with Gasteiger partial charge in [0.1, 0.15) is 5.56 Å². The van der Waals surface area contributed by atoms with Crippen LogP contribution in [0.3, 0.4) is 0 Å². The highest BCUT2D eigenvalue weighted by Crippen LogP contribution is 2.37. The molecule has 0 saturated heterocycles. The van der Waals surface area contributed by atoms with Crippen LogP contribution in [0, 0.1) is 0 Å². The Kier molecular flexibility index (Phi) is 2.88. The molecule has 7 heteroatoms. The zero-order chi connectivity index (χ0) is 14.3. The lowest BCUT2D eigenvalue weighted by Crippen LogP contribution is -2.45. The van der Waals surface area contributed by atoms with E-state index < -0.39 is 12.7 Å². The summed E-state index contributed by atoms with van der Waals surface area (Å²) in [6.07, 6.45) is 3.80. The van der Waals surface area contributed by atoms with Gasteiger partial charge in [-0.2, -0.15) is 0 Å². The van der Waals surface area contributed by atoms with Gasteiger partial charge in [0.25, 0.3) is 0 Å². The Morgan fingerprint density at radius 2 is 2.15 bits per heavy atom. The maximum atomic E-state index is 11.6. The van der Waals surface area contributed by atoms with Crippen LogP contribution < -0.4 is 4.65 Å². The number of carboxylic acid groups (broad SMARTS) is 1. The molecule has 0 fully saturated rings. The number of nitrogens with zero attached hydrogens (tertiary/aromatic N) is 1. The van der Waals surface area contributed by atoms with Gasteiger partial charge in [0.05, 0.1) is 12.3 Å². The zero-order valence-electron chi connectivity index (χ0n) is 10.6. The highest BCUT2D eigenvalue weighted by molar-refractivity contribution is 6.59. The molecule has 3 N–H and O–H groups in total. The summed E-state index contributed by atoms with van der Waals surface area (Å²) < 4.78 is 5.14. The van der Waals surface area contributed by atoms with Crippen molar-refractivity contribution in [2.45, 2.75) is 12.7 Å². The fourth-order valence-electron chi connectivity index (χ4n) is 2.55. The van der Waals surface area contributed by atoms with E-state index in [2.05, 4.69) is 4.99 Å². The predicted molar refractivity (Wildman–Crippen MR) is 74.1 cm³/mol. The van der Waals surface area contributed by atoms with Gasteiger partial charge in [-0.15, -0.1) is 0 Å². The first-order valence-electron chi connectivity index (χ1n) is 6.36. The number of rotatable bonds is 2. The third-order valence-corrected chi connectivity index (χ3v) is 3.54. The van der Waals surface area contributed by atoms with Crippen LogP contribution in [0.5, 0.6) is 5.75 Å². The molecule has 2 aliphatic rings. The summed E-state index contributed by atoms with van der Waals surface area (Å²) in [6.45, 7) is -2.58. The van der Waals surface area contributed by atoms with Gasteiger partial charge in [-0.3, -0.25) is 4.99 Å². The molecule has 0 spiro atoms. The topological polar surface area (TPSA) is 99.4 Å². The van der Waals surface area contributed by atoms with Crippen molar-refractivity contribution in [3.8, 4) is 5.75 Å². The fraction of sp³-hybridized carbons (Fsp3) is 0.231. The number of aryl methyl sites for hydroxylation is 1. The van der Waals surface area contributed by atoms with Crippen molar-refractivity contribution in [3.05, 3.63) is 34.9 Å². The molecule has 0 atom stereocenters. The largest absolute Gasteiger partial charge is 0.669 e. The van der Waals surface area contributed by atoms with Gasteiger partial charge in [-0.05, 0) is 29.2 Å². The third kappa shape index (κ3) is 2.11. The van der Waals surface area contributed by atoms with Crippen molar-refractivity contribution in [2.24, 2.45) is 4.99 Å². The van der Waals surface area contributed by atoms with E-state index in [-0.39, 0.29) is 17.6 Å². The van der Waals surface area contributed by atoms with Crippen molar-refractivity contribution in [2.75, 3.05) is 6.54 Å². The summed E-state index contributed by atoms with van der Waals surface area (Å²) in [5, 5.41) is 28.7. The molecule has 0 unspecified atom stereocenters. The minimum atomic E-state index is -2.99.